The molecule has 0 saturated heterocycles. The molecular formula is C10H12N4. The Morgan fingerprint density at radius 2 is 2.07 bits per heavy atom. The molecule has 0 aliphatic carbocycles. The number of imidazole rings is 1. The fourth-order valence-electron chi connectivity index (χ4n) is 1.27. The molecule has 0 aliphatic rings. The molecule has 3 N–H and O–H groups in total. The van der Waals surface area contributed by atoms with Crippen LogP contribution in [0, 0.1) is 0 Å². The number of aromatic nitrogens is 2. The summed E-state index contributed by atoms with van der Waals surface area (Å²) in [5, 5.41) is 1.58. The molecule has 0 fully saturated rings. The average molecular weight is 188 g/mol. The van der Waals surface area contributed by atoms with Crippen molar-refractivity contribution in [1.29, 1.82) is 0 Å². The van der Waals surface area contributed by atoms with Gasteiger partial charge in [0, 0.05) is 12.4 Å². The van der Waals surface area contributed by atoms with E-state index in [0.29, 0.717) is 12.5 Å². The molecule has 0 spiro atoms. The Hall–Kier alpha value is -1.81. The minimum atomic E-state index is 0.647. The van der Waals surface area contributed by atoms with E-state index in [4.69, 9.17) is 5.84 Å². The number of H-pyrrole nitrogens is 1. The maximum absolute atomic E-state index is 5.81. The van der Waals surface area contributed by atoms with Crippen LogP contribution < -0.4 is 10.9 Å². The van der Waals surface area contributed by atoms with Gasteiger partial charge in [-0.1, -0.05) is 30.3 Å². The predicted molar refractivity (Wildman–Crippen MR) is 55.4 cm³/mol. The summed E-state index contributed by atoms with van der Waals surface area (Å²) in [6.07, 6.45) is 3.43. The normalized spacial score (nSPS) is 10.1. The van der Waals surface area contributed by atoms with Gasteiger partial charge in [-0.2, -0.15) is 0 Å². The van der Waals surface area contributed by atoms with Gasteiger partial charge >= 0.3 is 0 Å². The summed E-state index contributed by atoms with van der Waals surface area (Å²) >= 11 is 0. The first-order valence-electron chi connectivity index (χ1n) is 4.42. The minimum absolute atomic E-state index is 0.647. The third kappa shape index (κ3) is 1.92. The lowest BCUT2D eigenvalue weighted by Crippen LogP contribution is -2.30. The number of anilines is 1. The molecule has 4 heteroatoms. The molecule has 1 aromatic heterocycles. The Balaban J connectivity index is 2.06. The van der Waals surface area contributed by atoms with E-state index in [1.807, 2.05) is 30.3 Å². The number of hydrazine groups is 1. The van der Waals surface area contributed by atoms with Crippen molar-refractivity contribution >= 4 is 5.95 Å². The van der Waals surface area contributed by atoms with Gasteiger partial charge in [0.25, 0.3) is 0 Å². The average Bonchev–Trinajstić information content (AvgIpc) is 2.72. The first kappa shape index (κ1) is 8.77. The highest BCUT2D eigenvalue weighted by Crippen LogP contribution is 2.06. The van der Waals surface area contributed by atoms with Gasteiger partial charge in [-0.25, -0.2) is 10.8 Å². The van der Waals surface area contributed by atoms with Gasteiger partial charge in [-0.15, -0.1) is 0 Å². The van der Waals surface area contributed by atoms with E-state index in [0.717, 1.165) is 5.56 Å². The molecule has 0 atom stereocenters. The lowest BCUT2D eigenvalue weighted by Gasteiger charge is -2.14. The molecular weight excluding hydrogens is 176 g/mol. The third-order valence-corrected chi connectivity index (χ3v) is 1.95. The lowest BCUT2D eigenvalue weighted by molar-refractivity contribution is 0.818. The maximum Gasteiger partial charge on any atom is 0.217 e. The zero-order valence-electron chi connectivity index (χ0n) is 7.72. The third-order valence-electron chi connectivity index (χ3n) is 1.95. The van der Waals surface area contributed by atoms with Crippen LogP contribution >= 0.6 is 0 Å². The van der Waals surface area contributed by atoms with Crippen molar-refractivity contribution in [2.24, 2.45) is 5.84 Å². The summed E-state index contributed by atoms with van der Waals surface area (Å²) in [7, 11) is 0. The highest BCUT2D eigenvalue weighted by Gasteiger charge is 2.03. The molecule has 1 aromatic carbocycles. The summed E-state index contributed by atoms with van der Waals surface area (Å²) in [5.41, 5.74) is 1.16. The second kappa shape index (κ2) is 3.93. The van der Waals surface area contributed by atoms with Gasteiger partial charge < -0.3 is 4.98 Å². The molecule has 2 rings (SSSR count). The van der Waals surface area contributed by atoms with Gasteiger partial charge in [-0.05, 0) is 5.56 Å². The van der Waals surface area contributed by atoms with E-state index in [2.05, 4.69) is 9.97 Å². The van der Waals surface area contributed by atoms with Crippen LogP contribution in [0.1, 0.15) is 5.56 Å². The van der Waals surface area contributed by atoms with Gasteiger partial charge in [0.1, 0.15) is 0 Å². The number of rotatable bonds is 3. The summed E-state index contributed by atoms with van der Waals surface area (Å²) in [6.45, 7) is 0.647. The molecule has 0 aliphatic heterocycles. The largest absolute Gasteiger partial charge is 0.330 e. The molecule has 14 heavy (non-hydrogen) atoms. The Morgan fingerprint density at radius 1 is 1.29 bits per heavy atom. The smallest absolute Gasteiger partial charge is 0.217 e. The van der Waals surface area contributed by atoms with Crippen LogP contribution in [0.3, 0.4) is 0 Å². The molecule has 0 unspecified atom stereocenters. The van der Waals surface area contributed by atoms with Crippen molar-refractivity contribution in [3.8, 4) is 0 Å². The van der Waals surface area contributed by atoms with Gasteiger partial charge in [0.15, 0.2) is 0 Å². The van der Waals surface area contributed by atoms with Crippen LogP contribution in [0.15, 0.2) is 42.7 Å². The molecule has 1 heterocycles. The Bertz CT molecular complexity index is 368. The van der Waals surface area contributed by atoms with Crippen LogP contribution in [0.25, 0.3) is 0 Å². The number of benzene rings is 1. The van der Waals surface area contributed by atoms with Crippen molar-refractivity contribution in [1.82, 2.24) is 9.97 Å². The van der Waals surface area contributed by atoms with Crippen molar-refractivity contribution in [2.45, 2.75) is 6.54 Å². The number of nitrogens with two attached hydrogens (primary N) is 1. The highest BCUT2D eigenvalue weighted by molar-refractivity contribution is 5.29. The summed E-state index contributed by atoms with van der Waals surface area (Å²) in [4.78, 5) is 7.00. The van der Waals surface area contributed by atoms with Crippen LogP contribution in [0.5, 0.6) is 0 Å². The molecule has 2 aromatic rings. The highest BCUT2D eigenvalue weighted by atomic mass is 15.5. The topological polar surface area (TPSA) is 57.9 Å². The second-order valence-electron chi connectivity index (χ2n) is 3.03. The van der Waals surface area contributed by atoms with Gasteiger partial charge in [0.2, 0.25) is 5.95 Å². The Labute approximate surface area is 82.4 Å². The monoisotopic (exact) mass is 188 g/mol. The molecule has 72 valence electrons. The summed E-state index contributed by atoms with van der Waals surface area (Å²) < 4.78 is 0. The Kier molecular flexibility index (Phi) is 2.46. The van der Waals surface area contributed by atoms with E-state index >= 15 is 0 Å². The number of hydrogen-bond donors (Lipinski definition) is 2. The SMILES string of the molecule is NN(Cc1ccccc1)c1ncc[nH]1. The first-order valence-corrected chi connectivity index (χ1v) is 4.42. The zero-order chi connectivity index (χ0) is 9.80. The molecule has 0 amide bonds. The lowest BCUT2D eigenvalue weighted by atomic mass is 10.2. The van der Waals surface area contributed by atoms with Crippen molar-refractivity contribution < 1.29 is 0 Å². The van der Waals surface area contributed by atoms with Crippen LogP contribution in [-0.2, 0) is 6.54 Å². The van der Waals surface area contributed by atoms with Crippen LogP contribution in [-0.4, -0.2) is 9.97 Å². The maximum atomic E-state index is 5.81. The molecule has 0 saturated carbocycles. The fourth-order valence-corrected chi connectivity index (χ4v) is 1.27. The van der Waals surface area contributed by atoms with Crippen molar-refractivity contribution in [2.75, 3.05) is 5.01 Å². The molecule has 4 nitrogen and oxygen atoms in total. The minimum Gasteiger partial charge on any atom is -0.330 e. The second-order valence-corrected chi connectivity index (χ2v) is 3.03. The van der Waals surface area contributed by atoms with E-state index in [-0.39, 0.29) is 0 Å². The van der Waals surface area contributed by atoms with Crippen LogP contribution in [0.2, 0.25) is 0 Å². The molecule has 0 radical (unpaired) electrons. The first-order chi connectivity index (χ1) is 6.86. The van der Waals surface area contributed by atoms with Crippen molar-refractivity contribution in [3.05, 3.63) is 48.3 Å². The number of nitrogens with zero attached hydrogens (tertiary/aromatic N) is 2. The predicted octanol–water partition coefficient (Wildman–Crippen LogP) is 1.29. The quantitative estimate of drug-likeness (QED) is 0.563. The van der Waals surface area contributed by atoms with Gasteiger partial charge in [0.05, 0.1) is 6.54 Å². The van der Waals surface area contributed by atoms with Crippen LogP contribution in [0.4, 0.5) is 5.95 Å². The number of nitrogens with one attached hydrogen (secondary N) is 1. The number of aromatic amines is 1. The standard InChI is InChI=1S/C10H12N4/c11-14(10-12-6-7-13-10)8-9-4-2-1-3-5-9/h1-7H,8,11H2,(H,12,13). The number of hydrogen-bond acceptors (Lipinski definition) is 3. The van der Waals surface area contributed by atoms with E-state index in [1.54, 1.807) is 17.4 Å². The zero-order valence-corrected chi connectivity index (χ0v) is 7.72. The summed E-state index contributed by atoms with van der Waals surface area (Å²) in [6, 6.07) is 10.0. The van der Waals surface area contributed by atoms with E-state index in [9.17, 15) is 0 Å². The van der Waals surface area contributed by atoms with Gasteiger partial charge in [-0.3, -0.25) is 5.01 Å². The molecule has 0 bridgehead atoms. The van der Waals surface area contributed by atoms with E-state index in [1.165, 1.54) is 0 Å². The van der Waals surface area contributed by atoms with E-state index < -0.39 is 0 Å². The summed E-state index contributed by atoms with van der Waals surface area (Å²) in [5.74, 6) is 6.49. The Morgan fingerprint density at radius 3 is 2.71 bits per heavy atom. The fraction of sp³-hybridized carbons (Fsp3) is 0.100. The van der Waals surface area contributed by atoms with Crippen molar-refractivity contribution in [3.63, 3.8) is 0 Å².